The van der Waals surface area contributed by atoms with Crippen molar-refractivity contribution in [2.75, 3.05) is 0 Å². The number of rotatable bonds is 5. The second-order valence-corrected chi connectivity index (χ2v) is 8.80. The third kappa shape index (κ3) is 3.90. The minimum Gasteiger partial charge on any atom is -0.347 e. The summed E-state index contributed by atoms with van der Waals surface area (Å²) in [6.45, 7) is 13.0. The highest BCUT2D eigenvalue weighted by atomic mass is 31.2. The minimum absolute atomic E-state index is 0.612. The van der Waals surface area contributed by atoms with Crippen LogP contribution in [0, 0.1) is 27.7 Å². The molecule has 0 fully saturated rings. The summed E-state index contributed by atoms with van der Waals surface area (Å²) < 4.78 is 0. The fourth-order valence-corrected chi connectivity index (χ4v) is 4.96. The fourth-order valence-electron chi connectivity index (χ4n) is 4.30. The summed E-state index contributed by atoms with van der Waals surface area (Å²) in [5.41, 5.74) is 12.0. The van der Waals surface area contributed by atoms with E-state index >= 15 is 0 Å². The Morgan fingerprint density at radius 2 is 1.14 bits per heavy atom. The van der Waals surface area contributed by atoms with Crippen molar-refractivity contribution in [1.82, 2.24) is 0 Å². The first-order chi connectivity index (χ1) is 13.8. The van der Waals surface area contributed by atoms with Crippen LogP contribution >= 0.6 is 8.38 Å². The molecule has 0 unspecified atom stereocenters. The van der Waals surface area contributed by atoms with Crippen LogP contribution in [0.25, 0.3) is 22.3 Å². The predicted molar refractivity (Wildman–Crippen MR) is 126 cm³/mol. The van der Waals surface area contributed by atoms with Crippen LogP contribution in [0.4, 0.5) is 0 Å². The van der Waals surface area contributed by atoms with Gasteiger partial charge in [-0.25, -0.2) is 0 Å². The molecule has 0 saturated carbocycles. The lowest BCUT2D eigenvalue weighted by Crippen LogP contribution is -2.09. The molecule has 3 aromatic rings. The topological polar surface area (TPSA) is 40.5 Å². The largest absolute Gasteiger partial charge is 0.347 e. The van der Waals surface area contributed by atoms with Gasteiger partial charge in [-0.2, -0.15) is 0 Å². The van der Waals surface area contributed by atoms with Crippen LogP contribution in [0.3, 0.4) is 0 Å². The molecule has 2 nitrogen and oxygen atoms in total. The SMILES string of the molecule is CCc1ccc(-c2cccc(P(O)O)c2-c2ccc(CC)c(C)c2C)c(C)c1C. The van der Waals surface area contributed by atoms with Gasteiger partial charge in [-0.3, -0.25) is 0 Å². The Kier molecular flexibility index (Phi) is 6.58. The van der Waals surface area contributed by atoms with E-state index in [2.05, 4.69) is 71.9 Å². The monoisotopic (exact) mass is 406 g/mol. The highest BCUT2D eigenvalue weighted by Crippen LogP contribution is 2.41. The van der Waals surface area contributed by atoms with Crippen molar-refractivity contribution >= 4 is 13.7 Å². The van der Waals surface area contributed by atoms with E-state index in [1.165, 1.54) is 33.4 Å². The number of benzene rings is 3. The first-order valence-corrected chi connectivity index (χ1v) is 11.6. The average Bonchev–Trinajstić information content (AvgIpc) is 2.71. The molecule has 0 atom stereocenters. The van der Waals surface area contributed by atoms with E-state index in [4.69, 9.17) is 0 Å². The molecular formula is C26H31O2P. The molecule has 0 aliphatic heterocycles. The third-order valence-corrected chi connectivity index (χ3v) is 7.18. The van der Waals surface area contributed by atoms with E-state index in [1.54, 1.807) is 0 Å². The first kappa shape index (κ1) is 21.7. The number of hydrogen-bond donors (Lipinski definition) is 2. The Balaban J connectivity index is 2.37. The van der Waals surface area contributed by atoms with Crippen LogP contribution < -0.4 is 5.30 Å². The summed E-state index contributed by atoms with van der Waals surface area (Å²) in [7, 11) is -2.21. The maximum Gasteiger partial charge on any atom is 0.200 e. The second kappa shape index (κ2) is 8.79. The van der Waals surface area contributed by atoms with Gasteiger partial charge in [-0.05, 0) is 96.7 Å². The van der Waals surface area contributed by atoms with Crippen LogP contribution in [0.5, 0.6) is 0 Å². The normalized spacial score (nSPS) is 11.3. The molecule has 3 heteroatoms. The van der Waals surface area contributed by atoms with Crippen molar-refractivity contribution in [2.24, 2.45) is 0 Å². The van der Waals surface area contributed by atoms with E-state index in [-0.39, 0.29) is 0 Å². The van der Waals surface area contributed by atoms with Gasteiger partial charge in [0.25, 0.3) is 0 Å². The predicted octanol–water partition coefficient (Wildman–Crippen LogP) is 6.30. The lowest BCUT2D eigenvalue weighted by molar-refractivity contribution is 0.497. The lowest BCUT2D eigenvalue weighted by atomic mass is 9.86. The van der Waals surface area contributed by atoms with Crippen molar-refractivity contribution in [3.63, 3.8) is 0 Å². The van der Waals surface area contributed by atoms with Gasteiger partial charge in [-0.15, -0.1) is 0 Å². The zero-order chi connectivity index (χ0) is 21.3. The Morgan fingerprint density at radius 1 is 0.621 bits per heavy atom. The van der Waals surface area contributed by atoms with Gasteiger partial charge >= 0.3 is 0 Å². The maximum atomic E-state index is 10.2. The van der Waals surface area contributed by atoms with Gasteiger partial charge in [0.1, 0.15) is 0 Å². The molecule has 3 aromatic carbocycles. The van der Waals surface area contributed by atoms with Crippen LogP contribution in [0.2, 0.25) is 0 Å². The quantitative estimate of drug-likeness (QED) is 0.488. The summed E-state index contributed by atoms with van der Waals surface area (Å²) in [5.74, 6) is 0. The fraction of sp³-hybridized carbons (Fsp3) is 0.308. The molecular weight excluding hydrogens is 375 g/mol. The molecule has 2 N–H and O–H groups in total. The van der Waals surface area contributed by atoms with Crippen molar-refractivity contribution in [3.8, 4) is 22.3 Å². The Hall–Kier alpha value is -1.99. The number of hydrogen-bond acceptors (Lipinski definition) is 2. The highest BCUT2D eigenvalue weighted by molar-refractivity contribution is 7.54. The van der Waals surface area contributed by atoms with Gasteiger partial charge in [0.15, 0.2) is 8.38 Å². The van der Waals surface area contributed by atoms with Gasteiger partial charge < -0.3 is 9.79 Å². The molecule has 29 heavy (non-hydrogen) atoms. The smallest absolute Gasteiger partial charge is 0.200 e. The molecule has 0 spiro atoms. The summed E-state index contributed by atoms with van der Waals surface area (Å²) in [4.78, 5) is 20.4. The van der Waals surface area contributed by atoms with Crippen LogP contribution in [-0.4, -0.2) is 9.79 Å². The van der Waals surface area contributed by atoms with Crippen LogP contribution in [-0.2, 0) is 12.8 Å². The summed E-state index contributed by atoms with van der Waals surface area (Å²) >= 11 is 0. The van der Waals surface area contributed by atoms with Crippen molar-refractivity contribution in [3.05, 3.63) is 75.8 Å². The molecule has 0 aliphatic carbocycles. The molecule has 0 heterocycles. The minimum atomic E-state index is -2.21. The Morgan fingerprint density at radius 3 is 1.66 bits per heavy atom. The molecule has 0 bridgehead atoms. The first-order valence-electron chi connectivity index (χ1n) is 10.3. The standard InChI is InChI=1S/C26H31O2P/c1-7-20-12-14-22(18(5)16(20)3)24-10-9-11-25(29(27)28)26(24)23-15-13-21(8-2)17(4)19(23)6/h9-15,27-28H,7-8H2,1-6H3. The van der Waals surface area contributed by atoms with E-state index in [1.807, 2.05) is 12.1 Å². The highest BCUT2D eigenvalue weighted by Gasteiger charge is 2.21. The number of aryl methyl sites for hydroxylation is 2. The van der Waals surface area contributed by atoms with E-state index in [9.17, 15) is 9.79 Å². The van der Waals surface area contributed by atoms with Crippen molar-refractivity contribution in [2.45, 2.75) is 54.4 Å². The van der Waals surface area contributed by atoms with Gasteiger partial charge in [0.2, 0.25) is 0 Å². The van der Waals surface area contributed by atoms with Gasteiger partial charge in [-0.1, -0.05) is 50.2 Å². The van der Waals surface area contributed by atoms with E-state index in [0.717, 1.165) is 35.1 Å². The molecule has 0 radical (unpaired) electrons. The van der Waals surface area contributed by atoms with Gasteiger partial charge in [0.05, 0.1) is 0 Å². The maximum absolute atomic E-state index is 10.2. The van der Waals surface area contributed by atoms with E-state index < -0.39 is 8.38 Å². The summed E-state index contributed by atoms with van der Waals surface area (Å²) in [6, 6.07) is 14.6. The molecule has 152 valence electrons. The average molecular weight is 407 g/mol. The zero-order valence-corrected chi connectivity index (χ0v) is 19.2. The molecule has 3 rings (SSSR count). The molecule has 0 aliphatic rings. The van der Waals surface area contributed by atoms with Crippen LogP contribution in [0.15, 0.2) is 42.5 Å². The van der Waals surface area contributed by atoms with E-state index in [0.29, 0.717) is 5.30 Å². The van der Waals surface area contributed by atoms with Gasteiger partial charge in [0, 0.05) is 10.9 Å². The summed E-state index contributed by atoms with van der Waals surface area (Å²) in [6.07, 6.45) is 2.00. The molecule has 0 saturated heterocycles. The van der Waals surface area contributed by atoms with Crippen molar-refractivity contribution in [1.29, 1.82) is 0 Å². The zero-order valence-electron chi connectivity index (χ0n) is 18.3. The third-order valence-electron chi connectivity index (χ3n) is 6.38. The Labute approximate surface area is 176 Å². The second-order valence-electron chi connectivity index (χ2n) is 7.74. The molecule has 0 amide bonds. The Bertz CT molecular complexity index is 1050. The van der Waals surface area contributed by atoms with Crippen molar-refractivity contribution < 1.29 is 9.79 Å². The summed E-state index contributed by atoms with van der Waals surface area (Å²) in [5, 5.41) is 0.612. The lowest BCUT2D eigenvalue weighted by Gasteiger charge is -2.22. The van der Waals surface area contributed by atoms with Crippen LogP contribution in [0.1, 0.15) is 47.2 Å². The molecule has 0 aromatic heterocycles.